The van der Waals surface area contributed by atoms with Gasteiger partial charge in [0.05, 0.1) is 16.8 Å². The van der Waals surface area contributed by atoms with Gasteiger partial charge in [-0.3, -0.25) is 0 Å². The Morgan fingerprint density at radius 3 is 3.31 bits per heavy atom. The first-order valence-corrected chi connectivity index (χ1v) is 5.53. The van der Waals surface area contributed by atoms with Gasteiger partial charge >= 0.3 is 0 Å². The van der Waals surface area contributed by atoms with Gasteiger partial charge in [0.25, 0.3) is 5.71 Å². The predicted octanol–water partition coefficient (Wildman–Crippen LogP) is 1.31. The number of pyridine rings is 1. The summed E-state index contributed by atoms with van der Waals surface area (Å²) in [7, 11) is 0. The van der Waals surface area contributed by atoms with Crippen molar-refractivity contribution in [3.05, 3.63) is 18.0 Å². The van der Waals surface area contributed by atoms with Crippen molar-refractivity contribution in [2.24, 2.45) is 0 Å². The Bertz CT molecular complexity index is 502. The van der Waals surface area contributed by atoms with Gasteiger partial charge in [0.15, 0.2) is 0 Å². The third-order valence-electron chi connectivity index (χ3n) is 2.97. The molecule has 0 bridgehead atoms. The van der Waals surface area contributed by atoms with E-state index in [2.05, 4.69) is 20.8 Å². The Hall–Kier alpha value is -1.62. The molecule has 1 aliphatic rings. The van der Waals surface area contributed by atoms with Crippen LogP contribution in [0.4, 0.5) is 5.69 Å². The van der Waals surface area contributed by atoms with E-state index in [4.69, 9.17) is 4.52 Å². The van der Waals surface area contributed by atoms with Crippen LogP contribution in [0.5, 0.6) is 0 Å². The molecule has 0 aromatic carbocycles. The number of fused-ring (bicyclic) bond motifs is 1. The van der Waals surface area contributed by atoms with Crippen LogP contribution in [0, 0.1) is 6.92 Å². The van der Waals surface area contributed by atoms with Crippen LogP contribution in [0.15, 0.2) is 16.8 Å². The maximum absolute atomic E-state index is 5.14. The lowest BCUT2D eigenvalue weighted by Gasteiger charge is -2.13. The molecule has 1 fully saturated rings. The topological polar surface area (TPSA) is 63.0 Å². The molecule has 0 radical (unpaired) electrons. The highest BCUT2D eigenvalue weighted by Gasteiger charge is 2.17. The van der Waals surface area contributed by atoms with Gasteiger partial charge in [-0.25, -0.2) is 4.98 Å². The van der Waals surface area contributed by atoms with Gasteiger partial charge in [0, 0.05) is 18.8 Å². The average molecular weight is 218 g/mol. The molecule has 5 heteroatoms. The van der Waals surface area contributed by atoms with Gasteiger partial charge in [-0.05, 0) is 26.0 Å². The van der Waals surface area contributed by atoms with Crippen molar-refractivity contribution < 1.29 is 4.52 Å². The molecule has 2 N–H and O–H groups in total. The van der Waals surface area contributed by atoms with Gasteiger partial charge in [0.1, 0.15) is 0 Å². The monoisotopic (exact) mass is 218 g/mol. The zero-order chi connectivity index (χ0) is 11.0. The van der Waals surface area contributed by atoms with E-state index >= 15 is 0 Å². The number of nitrogens with zero attached hydrogens (tertiary/aromatic N) is 2. The largest absolute Gasteiger partial charge is 0.380 e. The number of hydrogen-bond donors (Lipinski definition) is 2. The van der Waals surface area contributed by atoms with Gasteiger partial charge in [-0.1, -0.05) is 5.16 Å². The molecule has 3 heterocycles. The second kappa shape index (κ2) is 3.75. The zero-order valence-corrected chi connectivity index (χ0v) is 9.16. The van der Waals surface area contributed by atoms with Crippen molar-refractivity contribution in [2.45, 2.75) is 19.4 Å². The molecule has 1 aliphatic heterocycles. The van der Waals surface area contributed by atoms with E-state index in [1.165, 1.54) is 0 Å². The summed E-state index contributed by atoms with van der Waals surface area (Å²) in [6, 6.07) is 2.46. The molecule has 0 spiro atoms. The summed E-state index contributed by atoms with van der Waals surface area (Å²) in [6.07, 6.45) is 2.89. The van der Waals surface area contributed by atoms with E-state index in [0.717, 1.165) is 36.3 Å². The van der Waals surface area contributed by atoms with Gasteiger partial charge in [0.2, 0.25) is 0 Å². The van der Waals surface area contributed by atoms with Crippen molar-refractivity contribution in [1.29, 1.82) is 0 Å². The summed E-state index contributed by atoms with van der Waals surface area (Å²) in [5.74, 6) is 0. The molecular weight excluding hydrogens is 204 g/mol. The van der Waals surface area contributed by atoms with Crippen LogP contribution in [0.2, 0.25) is 0 Å². The average Bonchev–Trinajstić information content (AvgIpc) is 2.90. The Labute approximate surface area is 93.2 Å². The Balaban J connectivity index is 1.98. The van der Waals surface area contributed by atoms with Crippen molar-refractivity contribution >= 4 is 16.8 Å². The molecule has 2 aromatic rings. The molecule has 5 nitrogen and oxygen atoms in total. The molecule has 84 valence electrons. The summed E-state index contributed by atoms with van der Waals surface area (Å²) in [4.78, 5) is 4.15. The van der Waals surface area contributed by atoms with E-state index in [1.54, 1.807) is 6.20 Å². The lowest BCUT2D eigenvalue weighted by molar-refractivity contribution is 0.443. The first-order valence-electron chi connectivity index (χ1n) is 5.53. The molecule has 1 unspecified atom stereocenters. The second-order valence-corrected chi connectivity index (χ2v) is 4.14. The number of anilines is 1. The Kier molecular flexibility index (Phi) is 2.25. The van der Waals surface area contributed by atoms with E-state index in [-0.39, 0.29) is 0 Å². The highest BCUT2D eigenvalue weighted by Crippen LogP contribution is 2.25. The smallest absolute Gasteiger partial charge is 0.260 e. The van der Waals surface area contributed by atoms with Crippen LogP contribution in [0.25, 0.3) is 11.1 Å². The van der Waals surface area contributed by atoms with Crippen molar-refractivity contribution in [3.8, 4) is 0 Å². The van der Waals surface area contributed by atoms with E-state index < -0.39 is 0 Å². The Morgan fingerprint density at radius 1 is 1.56 bits per heavy atom. The number of aromatic nitrogens is 2. The summed E-state index contributed by atoms with van der Waals surface area (Å²) >= 11 is 0. The number of nitrogens with one attached hydrogen (secondary N) is 2. The summed E-state index contributed by atoms with van der Waals surface area (Å²) in [5, 5.41) is 11.8. The minimum absolute atomic E-state index is 0.486. The third kappa shape index (κ3) is 1.53. The maximum atomic E-state index is 5.14. The first kappa shape index (κ1) is 9.59. The molecule has 1 saturated heterocycles. The lowest BCUT2D eigenvalue weighted by atomic mass is 10.2. The standard InChI is InChI=1S/C11H14N4O/c1-7-10-9(14-8-2-4-12-6-8)3-5-13-11(10)16-15-7/h3,5,8,12H,2,4,6H2,1H3,(H,13,14). The molecule has 0 saturated carbocycles. The predicted molar refractivity (Wildman–Crippen MR) is 61.4 cm³/mol. The van der Waals surface area contributed by atoms with Crippen molar-refractivity contribution in [1.82, 2.24) is 15.5 Å². The van der Waals surface area contributed by atoms with Gasteiger partial charge < -0.3 is 15.2 Å². The number of hydrogen-bond acceptors (Lipinski definition) is 5. The molecule has 1 atom stereocenters. The fraction of sp³-hybridized carbons (Fsp3) is 0.455. The van der Waals surface area contributed by atoms with Crippen LogP contribution < -0.4 is 10.6 Å². The number of aryl methyl sites for hydroxylation is 1. The molecule has 2 aromatic heterocycles. The van der Waals surface area contributed by atoms with E-state index in [1.807, 2.05) is 13.0 Å². The third-order valence-corrected chi connectivity index (χ3v) is 2.97. The minimum atomic E-state index is 0.486. The van der Waals surface area contributed by atoms with E-state index in [9.17, 15) is 0 Å². The van der Waals surface area contributed by atoms with Gasteiger partial charge in [-0.15, -0.1) is 0 Å². The summed E-state index contributed by atoms with van der Waals surface area (Å²) in [6.45, 7) is 4.02. The van der Waals surface area contributed by atoms with Crippen LogP contribution >= 0.6 is 0 Å². The lowest BCUT2D eigenvalue weighted by Crippen LogP contribution is -2.22. The quantitative estimate of drug-likeness (QED) is 0.795. The molecule has 0 aliphatic carbocycles. The fourth-order valence-electron chi connectivity index (χ4n) is 2.14. The number of rotatable bonds is 2. The molecule has 3 rings (SSSR count). The van der Waals surface area contributed by atoms with Crippen LogP contribution in [-0.2, 0) is 0 Å². The molecule has 0 amide bonds. The Morgan fingerprint density at radius 2 is 2.50 bits per heavy atom. The first-order chi connectivity index (χ1) is 7.84. The zero-order valence-electron chi connectivity index (χ0n) is 9.16. The van der Waals surface area contributed by atoms with Crippen LogP contribution in [-0.4, -0.2) is 29.3 Å². The SMILES string of the molecule is Cc1noc2nccc(NC3CCNC3)c12. The molecular formula is C11H14N4O. The summed E-state index contributed by atoms with van der Waals surface area (Å²) < 4.78 is 5.14. The van der Waals surface area contributed by atoms with Gasteiger partial charge in [-0.2, -0.15) is 0 Å². The van der Waals surface area contributed by atoms with Crippen LogP contribution in [0.1, 0.15) is 12.1 Å². The van der Waals surface area contributed by atoms with Crippen molar-refractivity contribution in [2.75, 3.05) is 18.4 Å². The minimum Gasteiger partial charge on any atom is -0.380 e. The van der Waals surface area contributed by atoms with Crippen LogP contribution in [0.3, 0.4) is 0 Å². The highest BCUT2D eigenvalue weighted by molar-refractivity contribution is 5.89. The second-order valence-electron chi connectivity index (χ2n) is 4.14. The maximum Gasteiger partial charge on any atom is 0.260 e. The summed E-state index contributed by atoms with van der Waals surface area (Å²) in [5.41, 5.74) is 2.56. The normalized spacial score (nSPS) is 20.4. The highest BCUT2D eigenvalue weighted by atomic mass is 16.5. The van der Waals surface area contributed by atoms with E-state index in [0.29, 0.717) is 11.8 Å². The molecule has 16 heavy (non-hydrogen) atoms. The van der Waals surface area contributed by atoms with Crippen molar-refractivity contribution in [3.63, 3.8) is 0 Å². The fourth-order valence-corrected chi connectivity index (χ4v) is 2.14.